The van der Waals surface area contributed by atoms with E-state index >= 15 is 0 Å². The summed E-state index contributed by atoms with van der Waals surface area (Å²) in [4.78, 5) is 4.68. The summed E-state index contributed by atoms with van der Waals surface area (Å²) >= 11 is 0. The summed E-state index contributed by atoms with van der Waals surface area (Å²) in [7, 11) is 0. The highest BCUT2D eigenvalue weighted by Crippen LogP contribution is 2.34. The lowest BCUT2D eigenvalue weighted by atomic mass is 9.87. The van der Waals surface area contributed by atoms with Crippen LogP contribution in [0.25, 0.3) is 11.0 Å². The molecule has 0 unspecified atom stereocenters. The van der Waals surface area contributed by atoms with Crippen LogP contribution in [0.1, 0.15) is 37.6 Å². The van der Waals surface area contributed by atoms with Gasteiger partial charge in [0, 0.05) is 18.5 Å². The number of nitrogens with one attached hydrogen (secondary N) is 2. The molecule has 5 heteroatoms. The molecule has 0 spiro atoms. The van der Waals surface area contributed by atoms with Gasteiger partial charge in [-0.1, -0.05) is 20.8 Å². The highest BCUT2D eigenvalue weighted by atomic mass is 15.2. The number of hydrogen-bond acceptors (Lipinski definition) is 4. The van der Waals surface area contributed by atoms with Crippen LogP contribution >= 0.6 is 0 Å². The lowest BCUT2D eigenvalue weighted by Crippen LogP contribution is -2.17. The number of nitrogens with zero attached hydrogens (tertiary/aromatic N) is 2. The zero-order valence-electron chi connectivity index (χ0n) is 10.4. The minimum Gasteiger partial charge on any atom is -0.384 e. The van der Waals surface area contributed by atoms with Crippen molar-refractivity contribution in [2.24, 2.45) is 0 Å². The minimum absolute atomic E-state index is 0.0258. The van der Waals surface area contributed by atoms with E-state index in [1.807, 2.05) is 0 Å². The first-order valence-electron chi connectivity index (χ1n) is 5.85. The Bertz CT molecular complexity index is 591. The summed E-state index contributed by atoms with van der Waals surface area (Å²) in [5.74, 6) is 0.618. The maximum absolute atomic E-state index is 5.92. The Morgan fingerprint density at radius 1 is 1.18 bits per heavy atom. The Hall–Kier alpha value is -1.62. The van der Waals surface area contributed by atoms with E-state index in [2.05, 4.69) is 41.3 Å². The van der Waals surface area contributed by atoms with Crippen molar-refractivity contribution in [2.75, 3.05) is 5.73 Å². The van der Waals surface area contributed by atoms with E-state index in [1.54, 1.807) is 0 Å². The molecule has 90 valence electrons. The molecule has 2 aromatic rings. The summed E-state index contributed by atoms with van der Waals surface area (Å²) in [5.41, 5.74) is 10.3. The predicted molar refractivity (Wildman–Crippen MR) is 67.5 cm³/mol. The highest BCUT2D eigenvalue weighted by molar-refractivity contribution is 5.90. The van der Waals surface area contributed by atoms with Gasteiger partial charge in [0.05, 0.1) is 11.1 Å². The third kappa shape index (κ3) is 1.42. The standard InChI is InChI=1S/C12H17N5/c1-12(2,3)9-7-5-14-4-6(7)8-10(13)16-17-11(8)15-9/h14H,4-5H2,1-3H3,(H3,13,15,16,17). The van der Waals surface area contributed by atoms with Crippen molar-refractivity contribution in [3.63, 3.8) is 0 Å². The van der Waals surface area contributed by atoms with Gasteiger partial charge in [0.2, 0.25) is 0 Å². The number of hydrogen-bond donors (Lipinski definition) is 3. The second-order valence-electron chi connectivity index (χ2n) is 5.61. The van der Waals surface area contributed by atoms with Crippen LogP contribution < -0.4 is 11.1 Å². The van der Waals surface area contributed by atoms with E-state index in [-0.39, 0.29) is 5.41 Å². The fraction of sp³-hybridized carbons (Fsp3) is 0.500. The maximum atomic E-state index is 5.92. The molecule has 3 heterocycles. The number of fused-ring (bicyclic) bond motifs is 3. The van der Waals surface area contributed by atoms with Gasteiger partial charge in [-0.3, -0.25) is 5.10 Å². The van der Waals surface area contributed by atoms with Crippen LogP contribution in [-0.2, 0) is 18.5 Å². The summed E-state index contributed by atoms with van der Waals surface area (Å²) in [5, 5.41) is 11.4. The third-order valence-corrected chi connectivity index (χ3v) is 3.26. The molecule has 5 nitrogen and oxygen atoms in total. The summed E-state index contributed by atoms with van der Waals surface area (Å²) in [6, 6.07) is 0. The second-order valence-corrected chi connectivity index (χ2v) is 5.61. The molecule has 0 saturated carbocycles. The van der Waals surface area contributed by atoms with E-state index in [1.165, 1.54) is 11.1 Å². The summed E-state index contributed by atoms with van der Waals surface area (Å²) < 4.78 is 0. The first-order chi connectivity index (χ1) is 7.98. The molecule has 0 fully saturated rings. The molecule has 0 amide bonds. The molecule has 0 atom stereocenters. The van der Waals surface area contributed by atoms with Crippen LogP contribution in [0.2, 0.25) is 0 Å². The van der Waals surface area contributed by atoms with Crippen molar-refractivity contribution in [3.05, 3.63) is 16.8 Å². The van der Waals surface area contributed by atoms with Gasteiger partial charge in [0.15, 0.2) is 5.65 Å². The van der Waals surface area contributed by atoms with Gasteiger partial charge in [-0.2, -0.15) is 5.10 Å². The lowest BCUT2D eigenvalue weighted by Gasteiger charge is -2.21. The molecule has 1 aliphatic heterocycles. The van der Waals surface area contributed by atoms with Crippen LogP contribution in [0.3, 0.4) is 0 Å². The van der Waals surface area contributed by atoms with Crippen LogP contribution in [0.4, 0.5) is 5.82 Å². The lowest BCUT2D eigenvalue weighted by molar-refractivity contribution is 0.562. The zero-order valence-corrected chi connectivity index (χ0v) is 10.4. The first-order valence-corrected chi connectivity index (χ1v) is 5.85. The number of H-pyrrole nitrogens is 1. The Morgan fingerprint density at radius 2 is 1.88 bits per heavy atom. The molecule has 3 rings (SSSR count). The van der Waals surface area contributed by atoms with Crippen molar-refractivity contribution in [1.82, 2.24) is 20.5 Å². The number of nitrogens with two attached hydrogens (primary N) is 1. The molecular formula is C12H17N5. The van der Waals surface area contributed by atoms with Crippen LogP contribution in [0.15, 0.2) is 0 Å². The van der Waals surface area contributed by atoms with Crippen LogP contribution in [0.5, 0.6) is 0 Å². The Morgan fingerprint density at radius 3 is 2.59 bits per heavy atom. The molecule has 0 bridgehead atoms. The normalized spacial score (nSPS) is 15.5. The number of rotatable bonds is 0. The summed E-state index contributed by atoms with van der Waals surface area (Å²) in [6.07, 6.45) is 0. The van der Waals surface area contributed by atoms with Gasteiger partial charge in [-0.05, 0) is 11.1 Å². The van der Waals surface area contributed by atoms with E-state index in [9.17, 15) is 0 Å². The van der Waals surface area contributed by atoms with Crippen LogP contribution in [0, 0.1) is 0 Å². The van der Waals surface area contributed by atoms with Crippen molar-refractivity contribution in [2.45, 2.75) is 39.3 Å². The SMILES string of the molecule is CC(C)(C)c1nc2n[nH]c(N)c2c2c1CNC2. The number of pyridine rings is 1. The molecule has 0 aliphatic carbocycles. The number of aromatic nitrogens is 3. The number of anilines is 1. The monoisotopic (exact) mass is 231 g/mol. The number of nitrogen functional groups attached to an aromatic ring is 1. The van der Waals surface area contributed by atoms with E-state index in [0.717, 1.165) is 29.8 Å². The highest BCUT2D eigenvalue weighted by Gasteiger charge is 2.28. The quantitative estimate of drug-likeness (QED) is 0.641. The van der Waals surface area contributed by atoms with Crippen molar-refractivity contribution in [1.29, 1.82) is 0 Å². The zero-order chi connectivity index (χ0) is 12.2. The van der Waals surface area contributed by atoms with Crippen LogP contribution in [-0.4, -0.2) is 15.2 Å². The fourth-order valence-electron chi connectivity index (χ4n) is 2.51. The molecule has 1 aliphatic rings. The van der Waals surface area contributed by atoms with E-state index in [4.69, 9.17) is 5.73 Å². The van der Waals surface area contributed by atoms with Crippen molar-refractivity contribution < 1.29 is 0 Å². The fourth-order valence-corrected chi connectivity index (χ4v) is 2.51. The van der Waals surface area contributed by atoms with E-state index < -0.39 is 0 Å². The van der Waals surface area contributed by atoms with Gasteiger partial charge in [-0.15, -0.1) is 0 Å². The third-order valence-electron chi connectivity index (χ3n) is 3.26. The topological polar surface area (TPSA) is 79.6 Å². The average Bonchev–Trinajstić information content (AvgIpc) is 2.81. The molecule has 0 aromatic carbocycles. The van der Waals surface area contributed by atoms with Crippen molar-refractivity contribution >= 4 is 16.9 Å². The first kappa shape index (κ1) is 10.5. The summed E-state index contributed by atoms with van der Waals surface area (Å²) in [6.45, 7) is 8.25. The van der Waals surface area contributed by atoms with Gasteiger partial charge in [0.1, 0.15) is 5.82 Å². The smallest absolute Gasteiger partial charge is 0.183 e. The Balaban J connectivity index is 2.40. The second kappa shape index (κ2) is 3.20. The largest absolute Gasteiger partial charge is 0.384 e. The maximum Gasteiger partial charge on any atom is 0.183 e. The molecule has 0 radical (unpaired) electrons. The van der Waals surface area contributed by atoms with E-state index in [0.29, 0.717) is 5.82 Å². The average molecular weight is 231 g/mol. The predicted octanol–water partition coefficient (Wildman–Crippen LogP) is 1.44. The molecule has 17 heavy (non-hydrogen) atoms. The van der Waals surface area contributed by atoms with Gasteiger partial charge >= 0.3 is 0 Å². The molecule has 2 aromatic heterocycles. The Labute approximate surface area is 99.8 Å². The van der Waals surface area contributed by atoms with Gasteiger partial charge in [-0.25, -0.2) is 4.98 Å². The van der Waals surface area contributed by atoms with Crippen molar-refractivity contribution in [3.8, 4) is 0 Å². The molecule has 4 N–H and O–H groups in total. The Kier molecular flexibility index (Phi) is 1.98. The van der Waals surface area contributed by atoms with Gasteiger partial charge < -0.3 is 11.1 Å². The van der Waals surface area contributed by atoms with Gasteiger partial charge in [0.25, 0.3) is 0 Å². The molecular weight excluding hydrogens is 214 g/mol. The molecule has 0 saturated heterocycles. The minimum atomic E-state index is 0.0258. The number of aromatic amines is 1.